The van der Waals surface area contributed by atoms with Crippen LogP contribution < -0.4 is 11.3 Å². The van der Waals surface area contributed by atoms with E-state index in [4.69, 9.17) is 5.84 Å². The van der Waals surface area contributed by atoms with E-state index in [1.54, 1.807) is 11.3 Å². The van der Waals surface area contributed by atoms with Crippen LogP contribution in [-0.2, 0) is 6.42 Å². The maximum atomic E-state index is 5.67. The van der Waals surface area contributed by atoms with Crippen molar-refractivity contribution in [3.63, 3.8) is 0 Å². The molecule has 0 fully saturated rings. The molecule has 1 aromatic heterocycles. The zero-order chi connectivity index (χ0) is 13.0. The summed E-state index contributed by atoms with van der Waals surface area (Å²) in [5, 5.41) is 4.24. The van der Waals surface area contributed by atoms with Crippen LogP contribution >= 0.6 is 27.3 Å². The fraction of sp³-hybridized carbons (Fsp3) is 0.286. The lowest BCUT2D eigenvalue weighted by molar-refractivity contribution is 0.515. The Morgan fingerprint density at radius 2 is 2.11 bits per heavy atom. The van der Waals surface area contributed by atoms with E-state index >= 15 is 0 Å². The number of nitrogens with one attached hydrogen (secondary N) is 1. The zero-order valence-electron chi connectivity index (χ0n) is 10.3. The van der Waals surface area contributed by atoms with Gasteiger partial charge in [-0.25, -0.2) is 0 Å². The summed E-state index contributed by atoms with van der Waals surface area (Å²) < 4.78 is 1.14. The summed E-state index contributed by atoms with van der Waals surface area (Å²) in [5.74, 6) is 5.67. The molecule has 0 aliphatic heterocycles. The third kappa shape index (κ3) is 3.20. The Morgan fingerprint density at radius 3 is 2.72 bits per heavy atom. The normalized spacial score (nSPS) is 12.6. The number of aryl methyl sites for hydroxylation is 2. The van der Waals surface area contributed by atoms with E-state index in [2.05, 4.69) is 63.3 Å². The number of halogens is 1. The molecule has 0 saturated heterocycles. The Hall–Kier alpha value is -0.680. The summed E-state index contributed by atoms with van der Waals surface area (Å²) in [4.78, 5) is 0. The van der Waals surface area contributed by atoms with Crippen molar-refractivity contribution < 1.29 is 0 Å². The number of rotatable bonds is 5. The predicted molar refractivity (Wildman–Crippen MR) is 81.6 cm³/mol. The van der Waals surface area contributed by atoms with Gasteiger partial charge >= 0.3 is 0 Å². The van der Waals surface area contributed by atoms with Gasteiger partial charge in [0, 0.05) is 15.9 Å². The van der Waals surface area contributed by atoms with Crippen molar-refractivity contribution in [2.45, 2.75) is 25.8 Å². The van der Waals surface area contributed by atoms with Crippen molar-refractivity contribution in [3.05, 3.63) is 56.2 Å². The van der Waals surface area contributed by atoms with E-state index in [1.807, 2.05) is 0 Å². The van der Waals surface area contributed by atoms with Crippen LogP contribution in [0, 0.1) is 6.92 Å². The minimum Gasteiger partial charge on any atom is -0.271 e. The molecular weight excluding hydrogens is 308 g/mol. The fourth-order valence-corrected chi connectivity index (χ4v) is 3.69. The molecule has 0 aliphatic carbocycles. The molecule has 2 rings (SSSR count). The molecule has 3 N–H and O–H groups in total. The largest absolute Gasteiger partial charge is 0.271 e. The first-order chi connectivity index (χ1) is 8.72. The van der Waals surface area contributed by atoms with Crippen LogP contribution in [0.25, 0.3) is 0 Å². The summed E-state index contributed by atoms with van der Waals surface area (Å²) in [6.45, 7) is 2.15. The Kier molecular flexibility index (Phi) is 4.95. The maximum absolute atomic E-state index is 5.67. The number of nitrogens with two attached hydrogens (primary N) is 1. The van der Waals surface area contributed by atoms with E-state index in [1.165, 1.54) is 16.7 Å². The maximum Gasteiger partial charge on any atom is 0.0482 e. The summed E-state index contributed by atoms with van der Waals surface area (Å²) >= 11 is 5.26. The number of hydrogen-bond donors (Lipinski definition) is 2. The number of benzene rings is 1. The quantitative estimate of drug-likeness (QED) is 0.645. The first kappa shape index (κ1) is 13.7. The highest BCUT2D eigenvalue weighted by atomic mass is 79.9. The Bertz CT molecular complexity index is 510. The molecule has 96 valence electrons. The summed E-state index contributed by atoms with van der Waals surface area (Å²) in [6, 6.07) is 8.71. The van der Waals surface area contributed by atoms with Gasteiger partial charge < -0.3 is 0 Å². The van der Waals surface area contributed by atoms with Gasteiger partial charge in [0.1, 0.15) is 0 Å². The highest BCUT2D eigenvalue weighted by Crippen LogP contribution is 2.29. The van der Waals surface area contributed by atoms with Crippen molar-refractivity contribution in [3.8, 4) is 0 Å². The second-order valence-corrected chi connectivity index (χ2v) is 5.96. The molecule has 2 nitrogen and oxygen atoms in total. The van der Waals surface area contributed by atoms with Crippen LogP contribution in [0.5, 0.6) is 0 Å². The van der Waals surface area contributed by atoms with Crippen LogP contribution in [0.1, 0.15) is 29.2 Å². The fourth-order valence-electron chi connectivity index (χ4n) is 2.06. The second kappa shape index (κ2) is 6.48. The van der Waals surface area contributed by atoms with Gasteiger partial charge in [-0.3, -0.25) is 11.3 Å². The average Bonchev–Trinajstić information content (AvgIpc) is 2.79. The molecule has 1 heterocycles. The lowest BCUT2D eigenvalue weighted by Crippen LogP contribution is -2.28. The summed E-state index contributed by atoms with van der Waals surface area (Å²) in [6.07, 6.45) is 2.03. The van der Waals surface area contributed by atoms with Crippen molar-refractivity contribution in [2.24, 2.45) is 5.84 Å². The van der Waals surface area contributed by atoms with Gasteiger partial charge in [-0.05, 0) is 57.8 Å². The first-order valence-corrected chi connectivity index (χ1v) is 7.68. The van der Waals surface area contributed by atoms with Crippen molar-refractivity contribution >= 4 is 27.3 Å². The van der Waals surface area contributed by atoms with Gasteiger partial charge in [-0.2, -0.15) is 11.3 Å². The van der Waals surface area contributed by atoms with E-state index in [0.29, 0.717) is 0 Å². The smallest absolute Gasteiger partial charge is 0.0482 e. The number of thiophene rings is 1. The topological polar surface area (TPSA) is 38.0 Å². The van der Waals surface area contributed by atoms with Crippen molar-refractivity contribution in [2.75, 3.05) is 0 Å². The molecule has 18 heavy (non-hydrogen) atoms. The van der Waals surface area contributed by atoms with Gasteiger partial charge in [-0.15, -0.1) is 0 Å². The second-order valence-electron chi connectivity index (χ2n) is 4.36. The first-order valence-electron chi connectivity index (χ1n) is 5.94. The average molecular weight is 325 g/mol. The van der Waals surface area contributed by atoms with Gasteiger partial charge in [0.15, 0.2) is 0 Å². The lowest BCUT2D eigenvalue weighted by atomic mass is 9.99. The third-order valence-electron chi connectivity index (χ3n) is 3.18. The molecule has 0 aliphatic rings. The highest BCUT2D eigenvalue weighted by Gasteiger charge is 2.14. The number of hydrazine groups is 1. The van der Waals surface area contributed by atoms with Crippen LogP contribution in [0.15, 0.2) is 39.5 Å². The zero-order valence-corrected chi connectivity index (χ0v) is 12.7. The highest BCUT2D eigenvalue weighted by molar-refractivity contribution is 9.10. The molecular formula is C14H17BrN2S. The monoisotopic (exact) mass is 324 g/mol. The van der Waals surface area contributed by atoms with Crippen molar-refractivity contribution in [1.82, 2.24) is 5.43 Å². The van der Waals surface area contributed by atoms with Crippen LogP contribution in [-0.4, -0.2) is 0 Å². The molecule has 2 aromatic rings. The minimum absolute atomic E-state index is 0.199. The summed E-state index contributed by atoms with van der Waals surface area (Å²) in [5.41, 5.74) is 6.90. The molecule has 0 amide bonds. The minimum atomic E-state index is 0.199. The SMILES string of the molecule is Cc1ccccc1CCC(NN)c1cscc1Br. The third-order valence-corrected chi connectivity index (χ3v) is 4.93. The number of hydrogen-bond acceptors (Lipinski definition) is 3. The lowest BCUT2D eigenvalue weighted by Gasteiger charge is -2.16. The Morgan fingerprint density at radius 1 is 1.33 bits per heavy atom. The standard InChI is InChI=1S/C14H17BrN2S/c1-10-4-2-3-5-11(10)6-7-14(17-16)12-8-18-9-13(12)15/h2-5,8-9,14,17H,6-7,16H2,1H3. The van der Waals surface area contributed by atoms with Crippen molar-refractivity contribution in [1.29, 1.82) is 0 Å². The Balaban J connectivity index is 2.05. The van der Waals surface area contributed by atoms with Gasteiger partial charge in [0.2, 0.25) is 0 Å². The van der Waals surface area contributed by atoms with Crippen LogP contribution in [0.2, 0.25) is 0 Å². The van der Waals surface area contributed by atoms with Crippen LogP contribution in [0.4, 0.5) is 0 Å². The van der Waals surface area contributed by atoms with E-state index in [-0.39, 0.29) is 6.04 Å². The molecule has 4 heteroatoms. The van der Waals surface area contributed by atoms with Gasteiger partial charge in [-0.1, -0.05) is 24.3 Å². The van der Waals surface area contributed by atoms with E-state index < -0.39 is 0 Å². The van der Waals surface area contributed by atoms with Crippen LogP contribution in [0.3, 0.4) is 0 Å². The molecule has 1 aromatic carbocycles. The molecule has 0 spiro atoms. The molecule has 1 atom stereocenters. The Labute approximate surface area is 120 Å². The van der Waals surface area contributed by atoms with E-state index in [9.17, 15) is 0 Å². The summed E-state index contributed by atoms with van der Waals surface area (Å²) in [7, 11) is 0. The molecule has 0 radical (unpaired) electrons. The molecule has 0 bridgehead atoms. The molecule has 1 unspecified atom stereocenters. The van der Waals surface area contributed by atoms with Gasteiger partial charge in [0.05, 0.1) is 0 Å². The predicted octanol–water partition coefficient (Wildman–Crippen LogP) is 3.96. The van der Waals surface area contributed by atoms with E-state index in [0.717, 1.165) is 17.3 Å². The van der Waals surface area contributed by atoms with Gasteiger partial charge in [0.25, 0.3) is 0 Å². The molecule has 0 saturated carbocycles.